The molecule has 1 aromatic carbocycles. The maximum absolute atomic E-state index is 5.51. The number of nitrogens with two attached hydrogens (primary N) is 6. The van der Waals surface area contributed by atoms with Gasteiger partial charge < -0.3 is 34.4 Å². The van der Waals surface area contributed by atoms with Gasteiger partial charge in [-0.25, -0.2) is 9.98 Å². The smallest absolute Gasteiger partial charge is 0.223 e. The molecule has 106 valence electrons. The first kappa shape index (κ1) is 14.8. The minimum Gasteiger partial charge on any atom is -0.370 e. The van der Waals surface area contributed by atoms with Crippen LogP contribution in [0, 0.1) is 0 Å². The molecule has 0 aliphatic heterocycles. The predicted molar refractivity (Wildman–Crippen MR) is 80.6 cm³/mol. The molecular weight excluding hydrogens is 260 g/mol. The second-order valence-corrected chi connectivity index (χ2v) is 3.53. The number of benzene rings is 1. The molecule has 0 aliphatic rings. The summed E-state index contributed by atoms with van der Waals surface area (Å²) in [7, 11) is 0. The first-order valence-electron chi connectivity index (χ1n) is 5.34. The third-order valence-electron chi connectivity index (χ3n) is 1.80. The first-order valence-corrected chi connectivity index (χ1v) is 5.34. The van der Waals surface area contributed by atoms with Gasteiger partial charge in [0, 0.05) is 0 Å². The van der Waals surface area contributed by atoms with Crippen LogP contribution in [0.25, 0.3) is 0 Å². The van der Waals surface area contributed by atoms with Crippen LogP contribution in [0.3, 0.4) is 0 Å². The molecule has 1 rings (SSSR count). The van der Waals surface area contributed by atoms with Crippen LogP contribution in [0.4, 0.5) is 11.4 Å². The zero-order valence-corrected chi connectivity index (χ0v) is 10.6. The Kier molecular flexibility index (Phi) is 4.86. The topological polar surface area (TPSA) is 206 Å². The average molecular weight is 276 g/mol. The van der Waals surface area contributed by atoms with Gasteiger partial charge in [-0.2, -0.15) is 9.98 Å². The van der Waals surface area contributed by atoms with Gasteiger partial charge in [-0.15, -0.1) is 0 Å². The molecule has 0 atom stereocenters. The quantitative estimate of drug-likeness (QED) is 0.269. The van der Waals surface area contributed by atoms with E-state index in [-0.39, 0.29) is 23.8 Å². The zero-order valence-electron chi connectivity index (χ0n) is 10.6. The lowest BCUT2D eigenvalue weighted by molar-refractivity contribution is 1.36. The van der Waals surface area contributed by atoms with E-state index in [4.69, 9.17) is 34.4 Å². The van der Waals surface area contributed by atoms with Crippen molar-refractivity contribution in [2.75, 3.05) is 0 Å². The van der Waals surface area contributed by atoms with Gasteiger partial charge in [-0.1, -0.05) is 6.07 Å². The lowest BCUT2D eigenvalue weighted by Crippen LogP contribution is -2.26. The summed E-state index contributed by atoms with van der Waals surface area (Å²) in [6.07, 6.45) is 0. The summed E-state index contributed by atoms with van der Waals surface area (Å²) in [6, 6.07) is 6.67. The number of rotatable bonds is 2. The molecule has 0 bridgehead atoms. The van der Waals surface area contributed by atoms with Crippen molar-refractivity contribution in [1.82, 2.24) is 0 Å². The lowest BCUT2D eigenvalue weighted by atomic mass is 10.3. The maximum atomic E-state index is 5.51. The normalized spacial score (nSPS) is 11.8. The Morgan fingerprint density at radius 1 is 0.700 bits per heavy atom. The third-order valence-corrected chi connectivity index (χ3v) is 1.80. The highest BCUT2D eigenvalue weighted by molar-refractivity contribution is 5.94. The SMILES string of the molecule is NC(N)=NC(N)=Nc1cccc(N=C(N)N=C(N)N)c1. The summed E-state index contributed by atoms with van der Waals surface area (Å²) in [5.41, 5.74) is 32.7. The largest absolute Gasteiger partial charge is 0.370 e. The molecule has 1 aromatic rings. The third kappa shape index (κ3) is 5.35. The standard InChI is InChI=1S/C10H16N10/c11-7(12)19-9(15)17-5-2-1-3-6(4-5)18-10(16)20-8(13)14/h1-4H,(H6,11,12,15,17,19)(H6,13,14,16,18,20). The van der Waals surface area contributed by atoms with Crippen LogP contribution in [0.15, 0.2) is 44.2 Å². The Labute approximate surface area is 115 Å². The van der Waals surface area contributed by atoms with Crippen LogP contribution in [0.2, 0.25) is 0 Å². The van der Waals surface area contributed by atoms with Gasteiger partial charge in [0.25, 0.3) is 0 Å². The highest BCUT2D eigenvalue weighted by atomic mass is 15.1. The van der Waals surface area contributed by atoms with Gasteiger partial charge in [-0.05, 0) is 18.2 Å². The highest BCUT2D eigenvalue weighted by Crippen LogP contribution is 2.20. The molecule has 0 radical (unpaired) electrons. The molecule has 0 aromatic heterocycles. The second-order valence-electron chi connectivity index (χ2n) is 3.53. The molecule has 0 saturated heterocycles. The zero-order chi connectivity index (χ0) is 15.1. The fourth-order valence-electron chi connectivity index (χ4n) is 1.21. The van der Waals surface area contributed by atoms with E-state index < -0.39 is 0 Å². The molecule has 0 heterocycles. The van der Waals surface area contributed by atoms with Crippen molar-refractivity contribution in [3.8, 4) is 0 Å². The van der Waals surface area contributed by atoms with Crippen molar-refractivity contribution < 1.29 is 0 Å². The maximum Gasteiger partial charge on any atom is 0.223 e. The van der Waals surface area contributed by atoms with Crippen molar-refractivity contribution in [3.63, 3.8) is 0 Å². The van der Waals surface area contributed by atoms with Crippen molar-refractivity contribution >= 4 is 35.2 Å². The molecule has 0 amide bonds. The van der Waals surface area contributed by atoms with E-state index in [1.165, 1.54) is 0 Å². The fourth-order valence-corrected chi connectivity index (χ4v) is 1.21. The minimum absolute atomic E-state index is 0.0803. The number of guanidine groups is 4. The van der Waals surface area contributed by atoms with Gasteiger partial charge in [0.05, 0.1) is 11.4 Å². The van der Waals surface area contributed by atoms with Gasteiger partial charge in [0.1, 0.15) is 0 Å². The summed E-state index contributed by atoms with van der Waals surface area (Å²) in [4.78, 5) is 15.1. The number of aliphatic imine (C=N–C) groups is 4. The minimum atomic E-state index is -0.183. The molecule has 0 saturated carbocycles. The van der Waals surface area contributed by atoms with Crippen molar-refractivity contribution in [2.24, 2.45) is 54.4 Å². The summed E-state index contributed by atoms with van der Waals surface area (Å²) in [5.74, 6) is -0.526. The van der Waals surface area contributed by atoms with Crippen LogP contribution in [0.1, 0.15) is 0 Å². The van der Waals surface area contributed by atoms with E-state index in [1.54, 1.807) is 24.3 Å². The average Bonchev–Trinajstić information content (AvgIpc) is 2.26. The second kappa shape index (κ2) is 6.58. The molecule has 0 unspecified atom stereocenters. The molecule has 0 aliphatic carbocycles. The van der Waals surface area contributed by atoms with Crippen molar-refractivity contribution in [3.05, 3.63) is 24.3 Å². The molecule has 0 fully saturated rings. The summed E-state index contributed by atoms with van der Waals surface area (Å²) in [6.45, 7) is 0. The molecule has 12 N–H and O–H groups in total. The fraction of sp³-hybridized carbons (Fsp3) is 0. The summed E-state index contributed by atoms with van der Waals surface area (Å²) < 4.78 is 0. The Hall–Kier alpha value is -3.30. The first-order chi connectivity index (χ1) is 9.36. The Morgan fingerprint density at radius 3 is 1.45 bits per heavy atom. The summed E-state index contributed by atoms with van der Waals surface area (Å²) >= 11 is 0. The Balaban J connectivity index is 3.03. The van der Waals surface area contributed by atoms with Crippen LogP contribution in [0.5, 0.6) is 0 Å². The van der Waals surface area contributed by atoms with E-state index in [1.807, 2.05) is 0 Å². The van der Waals surface area contributed by atoms with Crippen LogP contribution >= 0.6 is 0 Å². The van der Waals surface area contributed by atoms with E-state index in [0.717, 1.165) is 0 Å². The van der Waals surface area contributed by atoms with Gasteiger partial charge in [0.15, 0.2) is 11.9 Å². The van der Waals surface area contributed by atoms with E-state index in [0.29, 0.717) is 11.4 Å². The van der Waals surface area contributed by atoms with E-state index in [9.17, 15) is 0 Å². The van der Waals surface area contributed by atoms with Crippen molar-refractivity contribution in [1.29, 1.82) is 0 Å². The highest BCUT2D eigenvalue weighted by Gasteiger charge is 1.97. The summed E-state index contributed by atoms with van der Waals surface area (Å²) in [5, 5.41) is 0. The van der Waals surface area contributed by atoms with Crippen molar-refractivity contribution in [2.45, 2.75) is 0 Å². The predicted octanol–water partition coefficient (Wildman–Crippen LogP) is -1.87. The number of nitrogens with zero attached hydrogens (tertiary/aromatic N) is 4. The van der Waals surface area contributed by atoms with Crippen LogP contribution in [-0.2, 0) is 0 Å². The van der Waals surface area contributed by atoms with Gasteiger partial charge >= 0.3 is 0 Å². The van der Waals surface area contributed by atoms with Gasteiger partial charge in [0.2, 0.25) is 11.9 Å². The van der Waals surface area contributed by atoms with E-state index in [2.05, 4.69) is 20.0 Å². The molecular formula is C10H16N10. The number of hydrogen-bond acceptors (Lipinski definition) is 2. The molecule has 0 spiro atoms. The van der Waals surface area contributed by atoms with E-state index >= 15 is 0 Å². The molecule has 10 heteroatoms. The van der Waals surface area contributed by atoms with Gasteiger partial charge in [-0.3, -0.25) is 0 Å². The molecule has 20 heavy (non-hydrogen) atoms. The monoisotopic (exact) mass is 276 g/mol. The Bertz CT molecular complexity index is 541. The van der Waals surface area contributed by atoms with Crippen LogP contribution in [-0.4, -0.2) is 23.8 Å². The molecule has 10 nitrogen and oxygen atoms in total. The Morgan fingerprint density at radius 2 is 1.10 bits per heavy atom. The number of hydrogen-bond donors (Lipinski definition) is 6. The van der Waals surface area contributed by atoms with Crippen LogP contribution < -0.4 is 34.4 Å². The lowest BCUT2D eigenvalue weighted by Gasteiger charge is -1.99.